The molecule has 0 bridgehead atoms. The first-order valence-corrected chi connectivity index (χ1v) is 2.25. The maximum atomic E-state index is 9.00. The van der Waals surface area contributed by atoms with Gasteiger partial charge in [0.25, 0.3) is 5.97 Å². The molecule has 6 heteroatoms. The molecular weight excluding hydrogens is 178 g/mol. The van der Waals surface area contributed by atoms with Crippen molar-refractivity contribution in [2.45, 2.75) is 6.92 Å². The predicted octanol–water partition coefficient (Wildman–Crippen LogP) is -0.975. The molecule has 0 atom stereocenters. The van der Waals surface area contributed by atoms with Crippen LogP contribution in [0.2, 0.25) is 0 Å². The van der Waals surface area contributed by atoms with Crippen LogP contribution in [0, 0.1) is 0 Å². The van der Waals surface area contributed by atoms with Gasteiger partial charge < -0.3 is 15.0 Å². The topological polar surface area (TPSA) is 94.8 Å². The van der Waals surface area contributed by atoms with E-state index in [1.54, 1.807) is 6.20 Å². The van der Waals surface area contributed by atoms with Gasteiger partial charge in [0.1, 0.15) is 6.26 Å². The number of aromatic nitrogens is 1. The average Bonchev–Trinajstić information content (AvgIpc) is 2.11. The van der Waals surface area contributed by atoms with Gasteiger partial charge in [0.15, 0.2) is 6.39 Å². The third-order valence-corrected chi connectivity index (χ3v) is 0.347. The third-order valence-electron chi connectivity index (χ3n) is 0.347. The summed E-state index contributed by atoms with van der Waals surface area (Å²) in [4.78, 5) is 12.6. The molecule has 0 saturated carbocycles. The van der Waals surface area contributed by atoms with Crippen LogP contribution < -0.4 is 0 Å². The van der Waals surface area contributed by atoms with Crippen molar-refractivity contribution in [2.24, 2.45) is 0 Å². The molecule has 0 aromatic carbocycles. The Labute approximate surface area is 93.7 Å². The molecule has 0 unspecified atom stereocenters. The number of nitrogens with zero attached hydrogens (tertiary/aromatic N) is 1. The zero-order valence-electron chi connectivity index (χ0n) is 5.44. The van der Waals surface area contributed by atoms with E-state index in [9.17, 15) is 0 Å². The number of carboxylic acids is 1. The van der Waals surface area contributed by atoms with Crippen LogP contribution >= 0.6 is 0 Å². The van der Waals surface area contributed by atoms with Crippen molar-refractivity contribution >= 4 is 43.7 Å². The molecule has 11 heavy (non-hydrogen) atoms. The maximum absolute atomic E-state index is 9.00. The molecule has 0 saturated heterocycles. The normalized spacial score (nSPS) is 5.91. The minimum Gasteiger partial charge on any atom is -0.452 e. The summed E-state index contributed by atoms with van der Waals surface area (Å²) in [5.74, 6) is -0.833. The summed E-state index contributed by atoms with van der Waals surface area (Å²) in [6.07, 6.45) is 4.47. The van der Waals surface area contributed by atoms with Crippen LogP contribution in [-0.4, -0.2) is 59.3 Å². The van der Waals surface area contributed by atoms with Gasteiger partial charge in [-0.1, -0.05) is 0 Å². The predicted molar refractivity (Wildman–Crippen MR) is 42.0 cm³/mol. The summed E-state index contributed by atoms with van der Waals surface area (Å²) in [5.41, 5.74) is 0. The molecule has 0 aliphatic heterocycles. The fraction of sp³-hybridized carbons (Fsp3) is 0.200. The number of hydrogen-bond donors (Lipinski definition) is 1. The van der Waals surface area contributed by atoms with Crippen LogP contribution in [0.3, 0.4) is 0 Å². The Morgan fingerprint density at radius 3 is 2.18 bits per heavy atom. The van der Waals surface area contributed by atoms with Crippen molar-refractivity contribution < 1.29 is 19.8 Å². The van der Waals surface area contributed by atoms with Crippen LogP contribution in [0.4, 0.5) is 0 Å². The second-order valence-electron chi connectivity index (χ2n) is 1.19. The van der Waals surface area contributed by atoms with E-state index in [4.69, 9.17) is 9.90 Å². The van der Waals surface area contributed by atoms with E-state index in [1.165, 1.54) is 12.7 Å². The monoisotopic (exact) mass is 189 g/mol. The summed E-state index contributed by atoms with van der Waals surface area (Å²) >= 11 is 0. The molecule has 0 radical (unpaired) electrons. The third kappa shape index (κ3) is 25.7. The number of hydrogen-bond acceptors (Lipinski definition) is 3. The quantitative estimate of drug-likeness (QED) is 0.531. The first-order valence-electron chi connectivity index (χ1n) is 2.25. The van der Waals surface area contributed by atoms with Crippen molar-refractivity contribution in [3.05, 3.63) is 18.9 Å². The van der Waals surface area contributed by atoms with E-state index in [0.717, 1.165) is 6.92 Å². The molecular formula is C5H11CaNO4. The average molecular weight is 189 g/mol. The maximum Gasteiger partial charge on any atom is 0.180 e. The van der Waals surface area contributed by atoms with Gasteiger partial charge in [0, 0.05) is 6.92 Å². The number of carboxylic acid groups (broad SMARTS) is 1. The van der Waals surface area contributed by atoms with Crippen LogP contribution in [0.5, 0.6) is 0 Å². The molecule has 0 aliphatic rings. The van der Waals surface area contributed by atoms with E-state index in [2.05, 4.69) is 9.40 Å². The minimum atomic E-state index is -0.833. The molecule has 0 aliphatic carbocycles. The summed E-state index contributed by atoms with van der Waals surface area (Å²) in [6.45, 7) is 1.08. The number of aliphatic carboxylic acids is 1. The Kier molecular flexibility index (Phi) is 19.6. The Hall–Kier alpha value is -0.100. The van der Waals surface area contributed by atoms with Crippen molar-refractivity contribution in [3.8, 4) is 0 Å². The van der Waals surface area contributed by atoms with E-state index in [1.807, 2.05) is 0 Å². The zero-order valence-corrected chi connectivity index (χ0v) is 5.44. The molecule has 0 amide bonds. The molecule has 1 rings (SSSR count). The van der Waals surface area contributed by atoms with Crippen molar-refractivity contribution in [3.63, 3.8) is 0 Å². The van der Waals surface area contributed by atoms with Gasteiger partial charge in [0.2, 0.25) is 0 Å². The van der Waals surface area contributed by atoms with Gasteiger partial charge in [0.05, 0.1) is 6.20 Å². The summed E-state index contributed by atoms with van der Waals surface area (Å²) in [6, 6.07) is 0. The number of carbonyl (C=O) groups is 1. The Balaban J connectivity index is -0.000000101. The molecule has 0 spiro atoms. The summed E-state index contributed by atoms with van der Waals surface area (Å²) in [7, 11) is 0. The largest absolute Gasteiger partial charge is 0.452 e. The molecule has 5 nitrogen and oxygen atoms in total. The van der Waals surface area contributed by atoms with Crippen molar-refractivity contribution in [2.75, 3.05) is 0 Å². The molecule has 0 fully saturated rings. The molecule has 3 N–H and O–H groups in total. The first kappa shape index (κ1) is 17.1. The van der Waals surface area contributed by atoms with Crippen molar-refractivity contribution in [1.82, 2.24) is 4.98 Å². The van der Waals surface area contributed by atoms with E-state index in [-0.39, 0.29) is 43.2 Å². The second kappa shape index (κ2) is 12.6. The van der Waals surface area contributed by atoms with Crippen molar-refractivity contribution in [1.29, 1.82) is 0 Å². The van der Waals surface area contributed by atoms with Gasteiger partial charge in [-0.2, -0.15) is 0 Å². The van der Waals surface area contributed by atoms with Gasteiger partial charge in [-0.3, -0.25) is 4.79 Å². The van der Waals surface area contributed by atoms with E-state index in [0.29, 0.717) is 0 Å². The van der Waals surface area contributed by atoms with Crippen LogP contribution in [-0.2, 0) is 4.79 Å². The minimum absolute atomic E-state index is 0. The Morgan fingerprint density at radius 2 is 2.09 bits per heavy atom. The van der Waals surface area contributed by atoms with E-state index < -0.39 is 5.97 Å². The smallest absolute Gasteiger partial charge is 0.180 e. The summed E-state index contributed by atoms with van der Waals surface area (Å²) < 4.78 is 4.47. The standard InChI is InChI=1S/C3H3NO.C2H4O2.Ca.H2O.2H/c1-2-5-3-4-1;1-2(3)4;;;;/h1-3H;1H3,(H,3,4);;1H2;;. The molecule has 1 aromatic heterocycles. The number of rotatable bonds is 0. The molecule has 1 heterocycles. The first-order chi connectivity index (χ1) is 4.23. The Morgan fingerprint density at radius 1 is 1.64 bits per heavy atom. The molecule has 62 valence electrons. The van der Waals surface area contributed by atoms with Gasteiger partial charge in [-0.15, -0.1) is 0 Å². The van der Waals surface area contributed by atoms with Gasteiger partial charge in [-0.25, -0.2) is 4.98 Å². The molecule has 1 aromatic rings. The number of oxazole rings is 1. The SMILES string of the molecule is CC(=O)O.O.[CaH2].c1cocn1. The second-order valence-corrected chi connectivity index (χ2v) is 1.19. The van der Waals surface area contributed by atoms with Crippen LogP contribution in [0.1, 0.15) is 6.92 Å². The fourth-order valence-corrected chi connectivity index (χ4v) is 0.176. The summed E-state index contributed by atoms with van der Waals surface area (Å²) in [5, 5.41) is 7.42. The van der Waals surface area contributed by atoms with Crippen LogP contribution in [0.25, 0.3) is 0 Å². The Bertz CT molecular complexity index is 132. The van der Waals surface area contributed by atoms with Crippen LogP contribution in [0.15, 0.2) is 23.3 Å². The van der Waals surface area contributed by atoms with Gasteiger partial charge >= 0.3 is 37.7 Å². The fourth-order valence-electron chi connectivity index (χ4n) is 0.176. The van der Waals surface area contributed by atoms with E-state index >= 15 is 0 Å². The zero-order chi connectivity index (χ0) is 7.11. The van der Waals surface area contributed by atoms with Gasteiger partial charge in [-0.05, 0) is 0 Å².